The topological polar surface area (TPSA) is 44.2 Å². The normalized spacial score (nSPS) is 10.8. The summed E-state index contributed by atoms with van der Waals surface area (Å²) >= 11 is 1.57. The molecule has 0 unspecified atom stereocenters. The highest BCUT2D eigenvalue weighted by molar-refractivity contribution is 7.18. The third kappa shape index (κ3) is 2.43. The Hall–Kier alpha value is -1.20. The maximum absolute atomic E-state index is 5.41. The standard InChI is InChI=1S/C10H12N2O2S/c1-7-11-8-3-4-9(12-10(8)15-7)14-6-5-13-2/h3-4H,5-6H2,1-2H3. The van der Waals surface area contributed by atoms with Crippen LogP contribution in [0.5, 0.6) is 5.88 Å². The highest BCUT2D eigenvalue weighted by Gasteiger charge is 2.03. The van der Waals surface area contributed by atoms with E-state index in [2.05, 4.69) is 9.97 Å². The zero-order chi connectivity index (χ0) is 10.7. The first-order chi connectivity index (χ1) is 7.29. The first kappa shape index (κ1) is 10.3. The van der Waals surface area contributed by atoms with Crippen molar-refractivity contribution in [3.05, 3.63) is 17.1 Å². The van der Waals surface area contributed by atoms with Crippen LogP contribution in [-0.4, -0.2) is 30.3 Å². The second kappa shape index (κ2) is 4.55. The maximum atomic E-state index is 5.41. The average Bonchev–Trinajstić information content (AvgIpc) is 2.57. The number of fused-ring (bicyclic) bond motifs is 1. The number of methoxy groups -OCH3 is 1. The fourth-order valence-electron chi connectivity index (χ4n) is 1.22. The van der Waals surface area contributed by atoms with Crippen molar-refractivity contribution in [1.29, 1.82) is 0 Å². The molecule has 2 aromatic heterocycles. The molecule has 80 valence electrons. The SMILES string of the molecule is COCCOc1ccc2nc(C)sc2n1. The number of aromatic nitrogens is 2. The second-order valence-electron chi connectivity index (χ2n) is 3.05. The molecule has 0 fully saturated rings. The Balaban J connectivity index is 2.15. The van der Waals surface area contributed by atoms with E-state index in [-0.39, 0.29) is 0 Å². The van der Waals surface area contributed by atoms with E-state index >= 15 is 0 Å². The minimum absolute atomic E-state index is 0.521. The molecule has 0 saturated carbocycles. The van der Waals surface area contributed by atoms with E-state index < -0.39 is 0 Å². The monoisotopic (exact) mass is 224 g/mol. The Labute approximate surface area is 91.9 Å². The van der Waals surface area contributed by atoms with Gasteiger partial charge in [0.05, 0.1) is 11.6 Å². The van der Waals surface area contributed by atoms with E-state index in [1.54, 1.807) is 18.4 Å². The van der Waals surface area contributed by atoms with E-state index in [4.69, 9.17) is 9.47 Å². The van der Waals surface area contributed by atoms with Gasteiger partial charge in [-0.15, -0.1) is 0 Å². The molecule has 0 saturated heterocycles. The Morgan fingerprint density at radius 3 is 2.93 bits per heavy atom. The van der Waals surface area contributed by atoms with Crippen LogP contribution in [0.4, 0.5) is 0 Å². The smallest absolute Gasteiger partial charge is 0.214 e. The van der Waals surface area contributed by atoms with E-state index in [0.717, 1.165) is 15.4 Å². The van der Waals surface area contributed by atoms with Gasteiger partial charge in [0, 0.05) is 13.2 Å². The predicted octanol–water partition coefficient (Wildman–Crippen LogP) is 2.02. The number of hydrogen-bond acceptors (Lipinski definition) is 5. The van der Waals surface area contributed by atoms with Gasteiger partial charge in [-0.05, 0) is 13.0 Å². The van der Waals surface area contributed by atoms with Crippen LogP contribution >= 0.6 is 11.3 Å². The van der Waals surface area contributed by atoms with Crippen LogP contribution in [0.3, 0.4) is 0 Å². The van der Waals surface area contributed by atoms with Gasteiger partial charge in [-0.3, -0.25) is 0 Å². The van der Waals surface area contributed by atoms with Gasteiger partial charge in [-0.25, -0.2) is 9.97 Å². The molecule has 2 aromatic rings. The zero-order valence-electron chi connectivity index (χ0n) is 8.69. The molecular weight excluding hydrogens is 212 g/mol. The quantitative estimate of drug-likeness (QED) is 0.745. The lowest BCUT2D eigenvalue weighted by atomic mass is 10.4. The maximum Gasteiger partial charge on any atom is 0.214 e. The van der Waals surface area contributed by atoms with Crippen molar-refractivity contribution in [1.82, 2.24) is 9.97 Å². The van der Waals surface area contributed by atoms with Crippen molar-refractivity contribution in [2.75, 3.05) is 20.3 Å². The van der Waals surface area contributed by atoms with E-state index in [1.165, 1.54) is 0 Å². The fraction of sp³-hybridized carbons (Fsp3) is 0.400. The largest absolute Gasteiger partial charge is 0.475 e. The van der Waals surface area contributed by atoms with E-state index in [0.29, 0.717) is 19.1 Å². The van der Waals surface area contributed by atoms with E-state index in [1.807, 2.05) is 19.1 Å². The predicted molar refractivity (Wildman–Crippen MR) is 59.5 cm³/mol. The van der Waals surface area contributed by atoms with Gasteiger partial charge < -0.3 is 9.47 Å². The summed E-state index contributed by atoms with van der Waals surface area (Å²) in [5.74, 6) is 0.628. The van der Waals surface area contributed by atoms with Crippen LogP contribution < -0.4 is 4.74 Å². The summed E-state index contributed by atoms with van der Waals surface area (Å²) in [5, 5.41) is 1.02. The minimum atomic E-state index is 0.521. The molecule has 0 amide bonds. The number of thiazole rings is 1. The van der Waals surface area contributed by atoms with Gasteiger partial charge in [0.15, 0.2) is 0 Å². The molecule has 0 bridgehead atoms. The van der Waals surface area contributed by atoms with Crippen LogP contribution in [0.1, 0.15) is 5.01 Å². The molecule has 0 aliphatic rings. The molecule has 4 nitrogen and oxygen atoms in total. The van der Waals surface area contributed by atoms with Crippen molar-refractivity contribution in [3.63, 3.8) is 0 Å². The minimum Gasteiger partial charge on any atom is -0.475 e. The number of nitrogens with zero attached hydrogens (tertiary/aromatic N) is 2. The molecule has 0 radical (unpaired) electrons. The van der Waals surface area contributed by atoms with Crippen molar-refractivity contribution < 1.29 is 9.47 Å². The first-order valence-corrected chi connectivity index (χ1v) is 5.47. The number of aryl methyl sites for hydroxylation is 1. The van der Waals surface area contributed by atoms with Gasteiger partial charge in [0.25, 0.3) is 0 Å². The number of ether oxygens (including phenoxy) is 2. The van der Waals surface area contributed by atoms with Gasteiger partial charge in [0.2, 0.25) is 5.88 Å². The van der Waals surface area contributed by atoms with Gasteiger partial charge in [0.1, 0.15) is 17.0 Å². The number of hydrogen-bond donors (Lipinski definition) is 0. The molecule has 0 N–H and O–H groups in total. The molecule has 2 rings (SSSR count). The molecule has 0 aliphatic carbocycles. The summed E-state index contributed by atoms with van der Waals surface area (Å²) in [5.41, 5.74) is 0.927. The number of rotatable bonds is 4. The van der Waals surface area contributed by atoms with Crippen molar-refractivity contribution in [2.45, 2.75) is 6.92 Å². The van der Waals surface area contributed by atoms with Crippen molar-refractivity contribution >= 4 is 21.7 Å². The zero-order valence-corrected chi connectivity index (χ0v) is 9.50. The summed E-state index contributed by atoms with van der Waals surface area (Å²) in [6.45, 7) is 3.06. The Morgan fingerprint density at radius 1 is 1.27 bits per heavy atom. The van der Waals surface area contributed by atoms with Crippen LogP contribution in [0.2, 0.25) is 0 Å². The third-order valence-corrected chi connectivity index (χ3v) is 2.75. The van der Waals surface area contributed by atoms with Crippen LogP contribution in [0.25, 0.3) is 10.3 Å². The summed E-state index contributed by atoms with van der Waals surface area (Å²) in [7, 11) is 1.65. The third-order valence-electron chi connectivity index (χ3n) is 1.87. The number of pyridine rings is 1. The highest BCUT2D eigenvalue weighted by Crippen LogP contribution is 2.21. The van der Waals surface area contributed by atoms with Crippen molar-refractivity contribution in [2.24, 2.45) is 0 Å². The molecule has 2 heterocycles. The first-order valence-electron chi connectivity index (χ1n) is 4.65. The molecule has 0 spiro atoms. The highest BCUT2D eigenvalue weighted by atomic mass is 32.1. The molecule has 15 heavy (non-hydrogen) atoms. The lowest BCUT2D eigenvalue weighted by Crippen LogP contribution is -2.04. The Bertz CT molecular complexity index is 456. The van der Waals surface area contributed by atoms with Crippen molar-refractivity contribution in [3.8, 4) is 5.88 Å². The molecular formula is C10H12N2O2S. The lowest BCUT2D eigenvalue weighted by molar-refractivity contribution is 0.144. The molecule has 0 atom stereocenters. The summed E-state index contributed by atoms with van der Waals surface area (Å²) < 4.78 is 10.3. The van der Waals surface area contributed by atoms with E-state index in [9.17, 15) is 0 Å². The Kier molecular flexibility index (Phi) is 3.13. The molecule has 0 aromatic carbocycles. The second-order valence-corrected chi connectivity index (χ2v) is 4.23. The van der Waals surface area contributed by atoms with Crippen LogP contribution in [-0.2, 0) is 4.74 Å². The summed E-state index contributed by atoms with van der Waals surface area (Å²) in [6, 6.07) is 3.76. The summed E-state index contributed by atoms with van der Waals surface area (Å²) in [6.07, 6.45) is 0. The Morgan fingerprint density at radius 2 is 2.13 bits per heavy atom. The van der Waals surface area contributed by atoms with Gasteiger partial charge in [-0.2, -0.15) is 0 Å². The molecule has 5 heteroatoms. The van der Waals surface area contributed by atoms with Crippen LogP contribution in [0, 0.1) is 6.92 Å². The molecule has 0 aliphatic heterocycles. The fourth-order valence-corrected chi connectivity index (χ4v) is 2.00. The van der Waals surface area contributed by atoms with Gasteiger partial charge >= 0.3 is 0 Å². The van der Waals surface area contributed by atoms with Gasteiger partial charge in [-0.1, -0.05) is 11.3 Å². The lowest BCUT2D eigenvalue weighted by Gasteiger charge is -2.03. The summed E-state index contributed by atoms with van der Waals surface area (Å²) in [4.78, 5) is 9.59. The van der Waals surface area contributed by atoms with Crippen LogP contribution in [0.15, 0.2) is 12.1 Å². The average molecular weight is 224 g/mol.